The number of hydrogen-bond donors (Lipinski definition) is 0. The van der Waals surface area contributed by atoms with Crippen molar-refractivity contribution in [3.05, 3.63) is 57.6 Å². The second-order valence-corrected chi connectivity index (χ2v) is 18.8. The van der Waals surface area contributed by atoms with Crippen molar-refractivity contribution in [3.63, 3.8) is 0 Å². The number of rotatable bonds is 7. The van der Waals surface area contributed by atoms with Crippen LogP contribution in [0.4, 0.5) is 0 Å². The molecule has 0 nitrogen and oxygen atoms in total. The van der Waals surface area contributed by atoms with Gasteiger partial charge in [-0.2, -0.15) is 0 Å². The van der Waals surface area contributed by atoms with Crippen LogP contribution in [-0.2, 0) is 16.2 Å². The van der Waals surface area contributed by atoms with E-state index >= 15 is 0 Å². The number of benzene rings is 2. The molecule has 39 heavy (non-hydrogen) atoms. The van der Waals surface area contributed by atoms with Crippen LogP contribution in [0.2, 0.25) is 0 Å². The molecule has 2 aromatic rings. The average molecular weight is 567 g/mol. The third-order valence-corrected chi connectivity index (χ3v) is 10.5. The predicted molar refractivity (Wildman–Crippen MR) is 184 cm³/mol. The first-order valence-electron chi connectivity index (χ1n) is 15.1. The van der Waals surface area contributed by atoms with Gasteiger partial charge in [0.15, 0.2) is 0 Å². The number of thioether (sulfide) groups is 1. The summed E-state index contributed by atoms with van der Waals surface area (Å²) in [4.78, 5) is 1.50. The van der Waals surface area contributed by atoms with Gasteiger partial charge in [-0.05, 0) is 87.0 Å². The lowest BCUT2D eigenvalue weighted by molar-refractivity contribution is 0.554. The normalized spacial score (nSPS) is 13.9. The molecule has 0 saturated heterocycles. The van der Waals surface area contributed by atoms with E-state index in [2.05, 4.69) is 160 Å². The summed E-state index contributed by atoms with van der Waals surface area (Å²) < 4.78 is -0.0127. The second-order valence-electron chi connectivity index (χ2n) is 16.1. The minimum atomic E-state index is -0.0127. The Morgan fingerprint density at radius 2 is 1.00 bits per heavy atom. The Balaban J connectivity index is 2.75. The van der Waals surface area contributed by atoms with Crippen molar-refractivity contribution in [2.75, 3.05) is 0 Å². The van der Waals surface area contributed by atoms with Gasteiger partial charge in [0, 0.05) is 14.9 Å². The summed E-state index contributed by atoms with van der Waals surface area (Å²) in [5.74, 6) is 4.11. The zero-order valence-corrected chi connectivity index (χ0v) is 30.2. The highest BCUT2D eigenvalue weighted by Gasteiger charge is 2.30. The Hall–Kier alpha value is -1.04. The van der Waals surface area contributed by atoms with Crippen molar-refractivity contribution in [1.82, 2.24) is 0 Å². The zero-order valence-electron chi connectivity index (χ0n) is 28.5. The quantitative estimate of drug-likeness (QED) is 0.237. The van der Waals surface area contributed by atoms with Crippen LogP contribution in [0.1, 0.15) is 169 Å². The highest BCUT2D eigenvalue weighted by Crippen LogP contribution is 2.44. The van der Waals surface area contributed by atoms with E-state index in [4.69, 9.17) is 0 Å². The van der Waals surface area contributed by atoms with E-state index in [0.29, 0.717) is 17.8 Å². The third-order valence-electron chi connectivity index (χ3n) is 7.54. The highest BCUT2D eigenvalue weighted by atomic mass is 32.2. The predicted octanol–water partition coefficient (Wildman–Crippen LogP) is 11.9. The summed E-state index contributed by atoms with van der Waals surface area (Å²) >= 11 is 2.07. The minimum absolute atomic E-state index is 0.0127. The average Bonchev–Trinajstić information content (AvgIpc) is 2.74. The van der Waals surface area contributed by atoms with Crippen molar-refractivity contribution in [2.45, 2.75) is 161 Å². The van der Waals surface area contributed by atoms with E-state index in [0.717, 1.165) is 0 Å². The Labute approximate surface area is 249 Å². The van der Waals surface area contributed by atoms with Crippen LogP contribution < -0.4 is 5.30 Å². The van der Waals surface area contributed by atoms with Gasteiger partial charge in [-0.3, -0.25) is 0 Å². The molecule has 0 atom stereocenters. The minimum Gasteiger partial charge on any atom is -0.115 e. The van der Waals surface area contributed by atoms with Gasteiger partial charge in [0.05, 0.1) is 0 Å². The van der Waals surface area contributed by atoms with Gasteiger partial charge in [0.1, 0.15) is 0 Å². The molecule has 0 heterocycles. The van der Waals surface area contributed by atoms with Crippen molar-refractivity contribution in [2.24, 2.45) is 0 Å². The Bertz CT molecular complexity index is 1110. The molecule has 2 rings (SSSR count). The van der Waals surface area contributed by atoms with Crippen molar-refractivity contribution in [1.29, 1.82) is 0 Å². The standard InChI is InChI=1S/C37H59PS/c1-23(2)26-18-28(24(3)4)33(29(19-26)25(5)6)39-37(16,17)22-38-32-30(35(10,11)12)20-27(34(7,8)9)21-31(32)36(13,14)15/h18-25H,1-17H3. The fourth-order valence-corrected chi connectivity index (χ4v) is 8.10. The fraction of sp³-hybridized carbons (Fsp3) is 0.649. The second kappa shape index (κ2) is 12.1. The Kier molecular flexibility index (Phi) is 10.6. The van der Waals surface area contributed by atoms with E-state index in [1.165, 1.54) is 51.8 Å². The first-order valence-corrected chi connectivity index (χ1v) is 16.8. The van der Waals surface area contributed by atoms with Crippen LogP contribution in [0.25, 0.3) is 0 Å². The van der Waals surface area contributed by atoms with Gasteiger partial charge >= 0.3 is 0 Å². The van der Waals surface area contributed by atoms with E-state index in [-0.39, 0.29) is 21.0 Å². The Morgan fingerprint density at radius 1 is 0.590 bits per heavy atom. The molecular weight excluding hydrogens is 507 g/mol. The first-order chi connectivity index (χ1) is 17.5. The van der Waals surface area contributed by atoms with Gasteiger partial charge in [-0.15, -0.1) is 11.8 Å². The maximum Gasteiger partial charge on any atom is 0.0375 e. The summed E-state index contributed by atoms with van der Waals surface area (Å²) in [7, 11) is 1.31. The van der Waals surface area contributed by atoms with Crippen LogP contribution in [-0.4, -0.2) is 10.5 Å². The SMILES string of the molecule is CC(C)c1cc(C(C)C)c(SC(C)(C)C=Pc2c(C(C)(C)C)cc(C(C)(C)C)cc2C(C)(C)C)c(C(C)C)c1. The molecule has 2 aromatic carbocycles. The molecule has 0 unspecified atom stereocenters. The smallest absolute Gasteiger partial charge is 0.0375 e. The Morgan fingerprint density at radius 3 is 1.31 bits per heavy atom. The summed E-state index contributed by atoms with van der Waals surface area (Å²) in [5.41, 5.74) is 9.19. The lowest BCUT2D eigenvalue weighted by Gasteiger charge is -2.33. The lowest BCUT2D eigenvalue weighted by Crippen LogP contribution is -2.30. The lowest BCUT2D eigenvalue weighted by atomic mass is 9.75. The van der Waals surface area contributed by atoms with Crippen LogP contribution in [0.15, 0.2) is 29.2 Å². The van der Waals surface area contributed by atoms with Gasteiger partial charge in [0.25, 0.3) is 0 Å². The summed E-state index contributed by atoms with van der Waals surface area (Å²) in [5, 5.41) is 1.50. The molecule has 0 bridgehead atoms. The molecule has 2 heteroatoms. The molecule has 0 spiro atoms. The monoisotopic (exact) mass is 566 g/mol. The van der Waals surface area contributed by atoms with Gasteiger partial charge in [0.2, 0.25) is 0 Å². The van der Waals surface area contributed by atoms with E-state index in [1.54, 1.807) is 0 Å². The third kappa shape index (κ3) is 8.72. The van der Waals surface area contributed by atoms with Crippen LogP contribution in [0.5, 0.6) is 0 Å². The maximum atomic E-state index is 2.57. The molecule has 0 saturated carbocycles. The molecule has 0 aliphatic heterocycles. The van der Waals surface area contributed by atoms with Crippen molar-refractivity contribution < 1.29 is 0 Å². The number of hydrogen-bond acceptors (Lipinski definition) is 1. The summed E-state index contributed by atoms with van der Waals surface area (Å²) in [6.45, 7) is 40.1. The molecule has 0 amide bonds. The van der Waals surface area contributed by atoms with E-state index in [9.17, 15) is 0 Å². The molecule has 218 valence electrons. The molecular formula is C37H59PS. The largest absolute Gasteiger partial charge is 0.115 e. The molecule has 0 fully saturated rings. The van der Waals surface area contributed by atoms with Gasteiger partial charge in [-0.1, -0.05) is 136 Å². The van der Waals surface area contributed by atoms with E-state index < -0.39 is 0 Å². The molecule has 0 N–H and O–H groups in total. The topological polar surface area (TPSA) is 0 Å². The highest BCUT2D eigenvalue weighted by molar-refractivity contribution is 8.01. The molecule has 0 aliphatic rings. The first kappa shape index (κ1) is 34.2. The van der Waals surface area contributed by atoms with Crippen molar-refractivity contribution >= 4 is 31.1 Å². The van der Waals surface area contributed by atoms with Crippen LogP contribution >= 0.6 is 20.0 Å². The molecule has 0 radical (unpaired) electrons. The maximum absolute atomic E-state index is 2.57. The zero-order chi connectivity index (χ0) is 30.3. The van der Waals surface area contributed by atoms with Crippen LogP contribution in [0, 0.1) is 0 Å². The summed E-state index contributed by atoms with van der Waals surface area (Å²) in [6, 6.07) is 9.98. The van der Waals surface area contributed by atoms with Crippen LogP contribution in [0.3, 0.4) is 0 Å². The van der Waals surface area contributed by atoms with Crippen molar-refractivity contribution in [3.8, 4) is 0 Å². The van der Waals surface area contributed by atoms with E-state index in [1.807, 2.05) is 0 Å². The van der Waals surface area contributed by atoms with Gasteiger partial charge in [-0.25, -0.2) is 0 Å². The molecule has 0 aromatic heterocycles. The molecule has 0 aliphatic carbocycles. The fourth-order valence-electron chi connectivity index (χ4n) is 4.87. The summed E-state index contributed by atoms with van der Waals surface area (Å²) in [6.07, 6.45) is 0. The van der Waals surface area contributed by atoms with Gasteiger partial charge < -0.3 is 0 Å².